The van der Waals surface area contributed by atoms with E-state index in [1.165, 1.54) is 41.1 Å². The van der Waals surface area contributed by atoms with Crippen LogP contribution in [0, 0.1) is 12.7 Å². The van der Waals surface area contributed by atoms with Crippen molar-refractivity contribution in [3.8, 4) is 0 Å². The number of pyridine rings is 2. The highest BCUT2D eigenvalue weighted by Gasteiger charge is 2.42. The summed E-state index contributed by atoms with van der Waals surface area (Å²) in [7, 11) is -3.73. The lowest BCUT2D eigenvalue weighted by atomic mass is 9.75. The lowest BCUT2D eigenvalue weighted by Gasteiger charge is -2.41. The number of amides is 1. The van der Waals surface area contributed by atoms with E-state index in [0.717, 1.165) is 5.56 Å². The van der Waals surface area contributed by atoms with Gasteiger partial charge in [0.05, 0.1) is 5.69 Å². The lowest BCUT2D eigenvalue weighted by molar-refractivity contribution is 0.0930. The minimum atomic E-state index is -3.73. The van der Waals surface area contributed by atoms with Crippen molar-refractivity contribution >= 4 is 27.5 Å². The maximum Gasteiger partial charge on any atom is 0.251 e. The molecule has 1 amide bonds. The van der Waals surface area contributed by atoms with Gasteiger partial charge in [-0.15, -0.1) is 0 Å². The van der Waals surface area contributed by atoms with Crippen LogP contribution in [0.15, 0.2) is 66.0 Å². The first kappa shape index (κ1) is 27.7. The first-order valence-electron chi connectivity index (χ1n) is 11.8. The van der Waals surface area contributed by atoms with E-state index in [1.807, 2.05) is 13.8 Å². The summed E-state index contributed by atoms with van der Waals surface area (Å²) in [5.41, 5.74) is 0.557. The van der Waals surface area contributed by atoms with Crippen LogP contribution in [0.25, 0.3) is 0 Å². The molecule has 1 fully saturated rings. The summed E-state index contributed by atoms with van der Waals surface area (Å²) >= 11 is 6.00. The van der Waals surface area contributed by atoms with Crippen molar-refractivity contribution in [2.24, 2.45) is 0 Å². The lowest BCUT2D eigenvalue weighted by Crippen LogP contribution is -2.51. The minimum Gasteiger partial charge on any atom is -0.351 e. The van der Waals surface area contributed by atoms with Crippen molar-refractivity contribution in [3.05, 3.63) is 88.7 Å². The van der Waals surface area contributed by atoms with E-state index in [4.69, 9.17) is 11.6 Å². The Balaban J connectivity index is 0.00000176. The van der Waals surface area contributed by atoms with Crippen LogP contribution < -0.4 is 5.32 Å². The van der Waals surface area contributed by atoms with Crippen LogP contribution in [0.2, 0.25) is 5.02 Å². The van der Waals surface area contributed by atoms with E-state index < -0.39 is 21.3 Å². The highest BCUT2D eigenvalue weighted by Crippen LogP contribution is 2.37. The van der Waals surface area contributed by atoms with E-state index in [2.05, 4.69) is 15.3 Å². The molecular weight excluding hydrogens is 503 g/mol. The first-order valence-corrected chi connectivity index (χ1v) is 13.6. The van der Waals surface area contributed by atoms with Gasteiger partial charge in [0.2, 0.25) is 10.0 Å². The summed E-state index contributed by atoms with van der Waals surface area (Å²) < 4.78 is 42.3. The molecule has 1 aliphatic rings. The number of sulfonamides is 1. The second-order valence-electron chi connectivity index (χ2n) is 8.35. The Bertz CT molecular complexity index is 1300. The molecule has 0 radical (unpaired) electrons. The number of halogens is 2. The number of carbonyl (C=O) groups excluding carboxylic acids is 1. The third kappa shape index (κ3) is 5.91. The molecule has 192 valence electrons. The van der Waals surface area contributed by atoms with Crippen LogP contribution in [0.1, 0.15) is 48.3 Å². The third-order valence-corrected chi connectivity index (χ3v) is 8.35. The summed E-state index contributed by atoms with van der Waals surface area (Å²) in [6.45, 7) is 6.21. The van der Waals surface area contributed by atoms with Crippen LogP contribution >= 0.6 is 11.6 Å². The second-order valence-corrected chi connectivity index (χ2v) is 10.7. The zero-order valence-electron chi connectivity index (χ0n) is 20.5. The molecular formula is C26H30ClFN4O3S. The number of nitrogens with one attached hydrogen (secondary N) is 1. The van der Waals surface area contributed by atoms with Crippen molar-refractivity contribution < 1.29 is 17.6 Å². The monoisotopic (exact) mass is 532 g/mol. The number of carbonyl (C=O) groups is 1. The van der Waals surface area contributed by atoms with Gasteiger partial charge in [-0.2, -0.15) is 4.31 Å². The number of benzene rings is 1. The van der Waals surface area contributed by atoms with E-state index in [-0.39, 0.29) is 36.1 Å². The normalized spacial score (nSPS) is 15.5. The van der Waals surface area contributed by atoms with Gasteiger partial charge < -0.3 is 5.32 Å². The molecule has 0 unspecified atom stereocenters. The largest absolute Gasteiger partial charge is 0.351 e. The first-order chi connectivity index (χ1) is 17.2. The van der Waals surface area contributed by atoms with Crippen molar-refractivity contribution in [1.29, 1.82) is 0 Å². The third-order valence-electron chi connectivity index (χ3n) is 6.23. The Labute approximate surface area is 216 Å². The van der Waals surface area contributed by atoms with Gasteiger partial charge in [0.25, 0.3) is 5.91 Å². The average Bonchev–Trinajstić information content (AvgIpc) is 2.89. The van der Waals surface area contributed by atoms with Gasteiger partial charge >= 0.3 is 0 Å². The SMILES string of the molecule is CC.Cc1cc(Cl)ccc1C(=O)NCC1(c2ncccc2F)CCN(S(=O)(=O)c2cccnc2)CC1. The van der Waals surface area contributed by atoms with Crippen LogP contribution in [-0.4, -0.2) is 48.2 Å². The topological polar surface area (TPSA) is 92.3 Å². The number of aromatic nitrogens is 2. The zero-order valence-corrected chi connectivity index (χ0v) is 22.1. The quantitative estimate of drug-likeness (QED) is 0.494. The van der Waals surface area contributed by atoms with E-state index in [9.17, 15) is 17.6 Å². The van der Waals surface area contributed by atoms with Crippen molar-refractivity contribution in [2.75, 3.05) is 19.6 Å². The predicted octanol–water partition coefficient (Wildman–Crippen LogP) is 4.76. The number of rotatable bonds is 6. The molecule has 0 spiro atoms. The van der Waals surface area contributed by atoms with Gasteiger partial charge in [-0.1, -0.05) is 25.4 Å². The predicted molar refractivity (Wildman–Crippen MR) is 138 cm³/mol. The fourth-order valence-electron chi connectivity index (χ4n) is 4.30. The van der Waals surface area contributed by atoms with Gasteiger partial charge in [-0.05, 0) is 67.8 Å². The molecule has 0 atom stereocenters. The smallest absolute Gasteiger partial charge is 0.251 e. The van der Waals surface area contributed by atoms with Gasteiger partial charge in [0.15, 0.2) is 0 Å². The standard InChI is InChI=1S/C24H24ClFN4O3S.C2H6/c1-17-14-18(25)6-7-20(17)23(31)29-16-24(22-21(26)5-3-11-28-22)8-12-30(13-9-24)34(32,33)19-4-2-10-27-15-19;1-2/h2-7,10-11,14-15H,8-9,12-13,16H2,1H3,(H,29,31);1-2H3. The molecule has 1 aliphatic heterocycles. The molecule has 1 saturated heterocycles. The summed E-state index contributed by atoms with van der Waals surface area (Å²) in [5.74, 6) is -0.793. The Morgan fingerprint density at radius 3 is 2.44 bits per heavy atom. The number of aryl methyl sites for hydroxylation is 1. The zero-order chi connectivity index (χ0) is 26.3. The molecule has 4 rings (SSSR count). The molecule has 0 aliphatic carbocycles. The summed E-state index contributed by atoms with van der Waals surface area (Å²) in [6.07, 6.45) is 4.91. The summed E-state index contributed by atoms with van der Waals surface area (Å²) in [6, 6.07) is 10.9. The Hall–Kier alpha value is -2.88. The van der Waals surface area contributed by atoms with Crippen molar-refractivity contribution in [1.82, 2.24) is 19.6 Å². The number of hydrogen-bond acceptors (Lipinski definition) is 5. The van der Waals surface area contributed by atoms with Gasteiger partial charge in [-0.3, -0.25) is 14.8 Å². The van der Waals surface area contributed by atoms with E-state index in [0.29, 0.717) is 23.4 Å². The maximum atomic E-state index is 14.8. The fraction of sp³-hybridized carbons (Fsp3) is 0.346. The summed E-state index contributed by atoms with van der Waals surface area (Å²) in [5, 5.41) is 3.44. The fourth-order valence-corrected chi connectivity index (χ4v) is 5.94. The molecule has 1 aromatic carbocycles. The number of nitrogens with zero attached hydrogens (tertiary/aromatic N) is 3. The van der Waals surface area contributed by atoms with Crippen LogP contribution in [0.3, 0.4) is 0 Å². The molecule has 0 bridgehead atoms. The number of piperidine rings is 1. The Kier molecular flexibility index (Phi) is 9.16. The van der Waals surface area contributed by atoms with E-state index in [1.54, 1.807) is 31.2 Å². The van der Waals surface area contributed by atoms with Crippen LogP contribution in [-0.2, 0) is 15.4 Å². The maximum absolute atomic E-state index is 14.8. The van der Waals surface area contributed by atoms with Crippen molar-refractivity contribution in [3.63, 3.8) is 0 Å². The highest BCUT2D eigenvalue weighted by molar-refractivity contribution is 7.89. The van der Waals surface area contributed by atoms with Gasteiger partial charge in [0.1, 0.15) is 10.7 Å². The molecule has 3 heterocycles. The molecule has 1 N–H and O–H groups in total. The van der Waals surface area contributed by atoms with Crippen molar-refractivity contribution in [2.45, 2.75) is 43.9 Å². The average molecular weight is 533 g/mol. The molecule has 10 heteroatoms. The van der Waals surface area contributed by atoms with E-state index >= 15 is 0 Å². The highest BCUT2D eigenvalue weighted by atomic mass is 35.5. The molecule has 7 nitrogen and oxygen atoms in total. The molecule has 2 aromatic heterocycles. The molecule has 3 aromatic rings. The van der Waals surface area contributed by atoms with Crippen LogP contribution in [0.4, 0.5) is 4.39 Å². The molecule has 0 saturated carbocycles. The second kappa shape index (κ2) is 11.9. The molecule has 36 heavy (non-hydrogen) atoms. The Morgan fingerprint density at radius 1 is 1.14 bits per heavy atom. The summed E-state index contributed by atoms with van der Waals surface area (Å²) in [4.78, 5) is 21.2. The van der Waals surface area contributed by atoms with Gasteiger partial charge in [0, 0.05) is 54.2 Å². The Morgan fingerprint density at radius 2 is 1.83 bits per heavy atom. The minimum absolute atomic E-state index is 0.109. The van der Waals surface area contributed by atoms with Gasteiger partial charge in [-0.25, -0.2) is 12.8 Å². The number of hydrogen-bond donors (Lipinski definition) is 1. The van der Waals surface area contributed by atoms with Crippen LogP contribution in [0.5, 0.6) is 0 Å².